The predicted molar refractivity (Wildman–Crippen MR) is 114 cm³/mol. The van der Waals surface area contributed by atoms with Crippen LogP contribution in [0.25, 0.3) is 5.69 Å². The average Bonchev–Trinajstić information content (AvgIpc) is 3.06. The van der Waals surface area contributed by atoms with Gasteiger partial charge >= 0.3 is 6.18 Å². The Labute approximate surface area is 182 Å². The number of aromatic nitrogens is 4. The Morgan fingerprint density at radius 2 is 1.77 bits per heavy atom. The number of amides is 1. The van der Waals surface area contributed by atoms with Gasteiger partial charge in [0.25, 0.3) is 0 Å². The lowest BCUT2D eigenvalue weighted by atomic mass is 10.1. The Morgan fingerprint density at radius 1 is 1.13 bits per heavy atom. The zero-order chi connectivity index (χ0) is 22.8. The van der Waals surface area contributed by atoms with Gasteiger partial charge in [0.2, 0.25) is 5.91 Å². The molecule has 0 saturated heterocycles. The lowest BCUT2D eigenvalue weighted by molar-refractivity contribution is -0.137. The highest BCUT2D eigenvalue weighted by molar-refractivity contribution is 7.98. The van der Waals surface area contributed by atoms with E-state index < -0.39 is 11.7 Å². The average molecular weight is 450 g/mol. The summed E-state index contributed by atoms with van der Waals surface area (Å²) in [4.78, 5) is 21.4. The van der Waals surface area contributed by atoms with Crippen molar-refractivity contribution in [1.29, 1.82) is 0 Å². The quantitative estimate of drug-likeness (QED) is 0.428. The van der Waals surface area contributed by atoms with Crippen LogP contribution in [0.4, 0.5) is 19.0 Å². The number of aryl methyl sites for hydroxylation is 3. The number of para-hydroxylation sites is 1. The highest BCUT2D eigenvalue weighted by Crippen LogP contribution is 2.34. The monoisotopic (exact) mass is 449 g/mol. The molecule has 0 bridgehead atoms. The first-order valence-corrected chi connectivity index (χ1v) is 10.7. The summed E-state index contributed by atoms with van der Waals surface area (Å²) in [5.41, 5.74) is 2.02. The highest BCUT2D eigenvalue weighted by Gasteiger charge is 2.34. The Morgan fingerprint density at radius 3 is 2.39 bits per heavy atom. The van der Waals surface area contributed by atoms with E-state index in [0.29, 0.717) is 17.3 Å². The first kappa shape index (κ1) is 22.8. The maximum absolute atomic E-state index is 13.4. The van der Waals surface area contributed by atoms with Crippen LogP contribution in [0.3, 0.4) is 0 Å². The van der Waals surface area contributed by atoms with E-state index in [1.165, 1.54) is 36.0 Å². The minimum atomic E-state index is -4.55. The van der Waals surface area contributed by atoms with Gasteiger partial charge in [0.05, 0.1) is 16.9 Å². The van der Waals surface area contributed by atoms with Crippen molar-refractivity contribution in [2.45, 2.75) is 44.9 Å². The number of rotatable bonds is 6. The normalized spacial score (nSPS) is 11.6. The minimum absolute atomic E-state index is 0.134. The molecular weight excluding hydrogens is 427 g/mol. The number of carbonyl (C=O) groups excluding carboxylic acids is 1. The molecule has 0 aliphatic heterocycles. The third kappa shape index (κ3) is 5.25. The van der Waals surface area contributed by atoms with Gasteiger partial charge in [-0.2, -0.15) is 18.3 Å². The fourth-order valence-corrected chi connectivity index (χ4v) is 3.73. The summed E-state index contributed by atoms with van der Waals surface area (Å²) < 4.78 is 41.4. The van der Waals surface area contributed by atoms with E-state index in [1.807, 2.05) is 20.1 Å². The second-order valence-corrected chi connectivity index (χ2v) is 7.78. The number of nitrogens with one attached hydrogen (secondary N) is 1. The number of anilines is 1. The Bertz CT molecular complexity index is 1090. The number of benzene rings is 1. The van der Waals surface area contributed by atoms with Crippen LogP contribution in [0.2, 0.25) is 0 Å². The van der Waals surface area contributed by atoms with Crippen molar-refractivity contribution in [2.24, 2.45) is 0 Å². The summed E-state index contributed by atoms with van der Waals surface area (Å²) in [6, 6.07) is 6.66. The zero-order valence-electron chi connectivity index (χ0n) is 17.5. The summed E-state index contributed by atoms with van der Waals surface area (Å²) in [7, 11) is 0. The summed E-state index contributed by atoms with van der Waals surface area (Å²) in [5.74, 6) is -0.153. The van der Waals surface area contributed by atoms with E-state index in [-0.39, 0.29) is 23.8 Å². The van der Waals surface area contributed by atoms with Crippen molar-refractivity contribution < 1.29 is 18.0 Å². The molecule has 3 rings (SSSR count). The molecule has 3 aromatic rings. The molecule has 164 valence electrons. The lowest BCUT2D eigenvalue weighted by Crippen LogP contribution is -2.18. The molecule has 1 amide bonds. The number of halogens is 3. The standard InChI is InChI=1S/C21H22F3N5OS/c1-12-11-18(29(28-12)17-8-6-5-7-16(17)21(22,23)24)27-19(30)10-9-15-13(2)25-20(31-4)26-14(15)3/h5-8,11H,9-10H2,1-4H3,(H,27,30). The van der Waals surface area contributed by atoms with Crippen molar-refractivity contribution in [2.75, 3.05) is 11.6 Å². The van der Waals surface area contributed by atoms with Gasteiger partial charge in [-0.15, -0.1) is 0 Å². The van der Waals surface area contributed by atoms with E-state index in [2.05, 4.69) is 20.4 Å². The number of hydrogen-bond donors (Lipinski definition) is 1. The Balaban J connectivity index is 1.81. The molecule has 0 atom stereocenters. The highest BCUT2D eigenvalue weighted by atomic mass is 32.2. The minimum Gasteiger partial charge on any atom is -0.311 e. The smallest absolute Gasteiger partial charge is 0.311 e. The molecule has 1 N–H and O–H groups in total. The van der Waals surface area contributed by atoms with Crippen LogP contribution in [-0.4, -0.2) is 31.9 Å². The molecule has 6 nitrogen and oxygen atoms in total. The van der Waals surface area contributed by atoms with Crippen LogP contribution in [-0.2, 0) is 17.4 Å². The molecule has 0 fully saturated rings. The van der Waals surface area contributed by atoms with Crippen LogP contribution in [0.5, 0.6) is 0 Å². The Hall–Kier alpha value is -2.88. The number of carbonyl (C=O) groups is 1. The molecule has 10 heteroatoms. The lowest BCUT2D eigenvalue weighted by Gasteiger charge is -2.15. The molecular formula is C21H22F3N5OS. The van der Waals surface area contributed by atoms with E-state index in [1.54, 1.807) is 6.92 Å². The fraction of sp³-hybridized carbons (Fsp3) is 0.333. The SMILES string of the molecule is CSc1nc(C)c(CCC(=O)Nc2cc(C)nn2-c2ccccc2C(F)(F)F)c(C)n1. The predicted octanol–water partition coefficient (Wildman–Crippen LogP) is 4.90. The van der Waals surface area contributed by atoms with Gasteiger partial charge in [-0.3, -0.25) is 4.79 Å². The van der Waals surface area contributed by atoms with Crippen molar-refractivity contribution in [3.63, 3.8) is 0 Å². The van der Waals surface area contributed by atoms with Crippen molar-refractivity contribution in [3.05, 3.63) is 58.5 Å². The second-order valence-electron chi connectivity index (χ2n) is 7.01. The van der Waals surface area contributed by atoms with Gasteiger partial charge in [-0.25, -0.2) is 14.6 Å². The molecule has 0 spiro atoms. The summed E-state index contributed by atoms with van der Waals surface area (Å²) in [6.07, 6.45) is -2.10. The topological polar surface area (TPSA) is 72.7 Å². The van der Waals surface area contributed by atoms with Gasteiger partial charge in [-0.05, 0) is 51.1 Å². The number of nitrogens with zero attached hydrogens (tertiary/aromatic N) is 4. The fourth-order valence-electron chi connectivity index (χ4n) is 3.28. The summed E-state index contributed by atoms with van der Waals surface area (Å²) >= 11 is 1.45. The molecule has 0 unspecified atom stereocenters. The van der Waals surface area contributed by atoms with Crippen molar-refractivity contribution in [1.82, 2.24) is 19.7 Å². The van der Waals surface area contributed by atoms with Gasteiger partial charge in [-0.1, -0.05) is 23.9 Å². The maximum Gasteiger partial charge on any atom is 0.418 e. The van der Waals surface area contributed by atoms with Gasteiger partial charge in [0.1, 0.15) is 5.82 Å². The summed E-state index contributed by atoms with van der Waals surface area (Å²) in [6.45, 7) is 5.39. The molecule has 31 heavy (non-hydrogen) atoms. The maximum atomic E-state index is 13.4. The molecule has 0 aliphatic rings. The third-order valence-electron chi connectivity index (χ3n) is 4.72. The Kier molecular flexibility index (Phi) is 6.68. The summed E-state index contributed by atoms with van der Waals surface area (Å²) in [5, 5.41) is 7.51. The van der Waals surface area contributed by atoms with Crippen molar-refractivity contribution in [3.8, 4) is 5.69 Å². The first-order chi connectivity index (χ1) is 14.6. The largest absolute Gasteiger partial charge is 0.418 e. The van der Waals surface area contributed by atoms with Crippen molar-refractivity contribution >= 4 is 23.5 Å². The molecule has 0 saturated carbocycles. The second kappa shape index (κ2) is 9.09. The molecule has 0 aliphatic carbocycles. The van der Waals surface area contributed by atoms with Crippen LogP contribution in [0, 0.1) is 20.8 Å². The third-order valence-corrected chi connectivity index (χ3v) is 5.27. The number of hydrogen-bond acceptors (Lipinski definition) is 5. The molecule has 2 heterocycles. The van der Waals surface area contributed by atoms with E-state index in [9.17, 15) is 18.0 Å². The zero-order valence-corrected chi connectivity index (χ0v) is 18.4. The van der Waals surface area contributed by atoms with E-state index in [0.717, 1.165) is 27.7 Å². The molecule has 1 aromatic carbocycles. The van der Waals surface area contributed by atoms with Gasteiger partial charge in [0.15, 0.2) is 5.16 Å². The van der Waals surface area contributed by atoms with Crippen LogP contribution in [0.1, 0.15) is 34.6 Å². The van der Waals surface area contributed by atoms with Crippen LogP contribution in [0.15, 0.2) is 35.5 Å². The number of thioether (sulfide) groups is 1. The van der Waals surface area contributed by atoms with E-state index in [4.69, 9.17) is 0 Å². The van der Waals surface area contributed by atoms with Gasteiger partial charge < -0.3 is 5.32 Å². The van der Waals surface area contributed by atoms with Gasteiger partial charge in [0, 0.05) is 23.9 Å². The molecule has 2 aromatic heterocycles. The number of alkyl halides is 3. The van der Waals surface area contributed by atoms with E-state index >= 15 is 0 Å². The van der Waals surface area contributed by atoms with Crippen LogP contribution < -0.4 is 5.32 Å². The molecule has 0 radical (unpaired) electrons. The first-order valence-electron chi connectivity index (χ1n) is 9.51. The van der Waals surface area contributed by atoms with Crippen LogP contribution >= 0.6 is 11.8 Å².